The number of hydrogen-bond acceptors (Lipinski definition) is 4. The standard InChI is InChI=1S/C12H16N2O2S/c15-12(14-11-3-6-16-7-11)9-17-8-10-1-4-13-5-2-10/h1-2,4-5,11H,3,6-9H2,(H,14,15)/t11-/m1/s1. The maximum atomic E-state index is 11.6. The molecule has 1 N–H and O–H groups in total. The molecule has 1 aromatic heterocycles. The molecule has 0 aliphatic carbocycles. The number of carbonyl (C=O) groups is 1. The normalized spacial score (nSPS) is 19.2. The summed E-state index contributed by atoms with van der Waals surface area (Å²) in [5, 5.41) is 2.97. The summed E-state index contributed by atoms with van der Waals surface area (Å²) in [7, 11) is 0. The molecule has 1 aromatic rings. The van der Waals surface area contributed by atoms with Crippen LogP contribution in [0.15, 0.2) is 24.5 Å². The summed E-state index contributed by atoms with van der Waals surface area (Å²) < 4.78 is 5.20. The molecule has 1 aliphatic heterocycles. The number of rotatable bonds is 5. The molecular formula is C12H16N2O2S. The zero-order valence-corrected chi connectivity index (χ0v) is 10.4. The third-order valence-corrected chi connectivity index (χ3v) is 3.55. The molecular weight excluding hydrogens is 236 g/mol. The fourth-order valence-corrected chi connectivity index (χ4v) is 2.46. The Kier molecular flexibility index (Phi) is 4.82. The van der Waals surface area contributed by atoms with Gasteiger partial charge < -0.3 is 10.1 Å². The first-order chi connectivity index (χ1) is 8.34. The summed E-state index contributed by atoms with van der Waals surface area (Å²) in [5.41, 5.74) is 1.20. The Hall–Kier alpha value is -1.07. The summed E-state index contributed by atoms with van der Waals surface area (Å²) >= 11 is 1.62. The molecule has 0 unspecified atom stereocenters. The predicted molar refractivity (Wildman–Crippen MR) is 67.8 cm³/mol. The van der Waals surface area contributed by atoms with Crippen molar-refractivity contribution in [2.45, 2.75) is 18.2 Å². The average Bonchev–Trinajstić information content (AvgIpc) is 2.83. The second-order valence-corrected chi connectivity index (χ2v) is 4.96. The van der Waals surface area contributed by atoms with Crippen molar-refractivity contribution in [1.29, 1.82) is 0 Å². The minimum atomic E-state index is 0.0968. The van der Waals surface area contributed by atoms with Gasteiger partial charge in [0.15, 0.2) is 0 Å². The van der Waals surface area contributed by atoms with Crippen LogP contribution in [0.25, 0.3) is 0 Å². The van der Waals surface area contributed by atoms with E-state index >= 15 is 0 Å². The maximum Gasteiger partial charge on any atom is 0.230 e. The average molecular weight is 252 g/mol. The highest BCUT2D eigenvalue weighted by atomic mass is 32.2. The fourth-order valence-electron chi connectivity index (χ4n) is 1.66. The molecule has 1 aliphatic rings. The van der Waals surface area contributed by atoms with Crippen molar-refractivity contribution < 1.29 is 9.53 Å². The molecule has 0 saturated carbocycles. The molecule has 4 nitrogen and oxygen atoms in total. The van der Waals surface area contributed by atoms with Gasteiger partial charge in [0, 0.05) is 24.8 Å². The quantitative estimate of drug-likeness (QED) is 0.856. The lowest BCUT2D eigenvalue weighted by molar-refractivity contribution is -0.119. The number of carbonyl (C=O) groups excluding carboxylic acids is 1. The summed E-state index contributed by atoms with van der Waals surface area (Å²) in [6, 6.07) is 4.15. The minimum absolute atomic E-state index is 0.0968. The van der Waals surface area contributed by atoms with E-state index < -0.39 is 0 Å². The molecule has 1 fully saturated rings. The Morgan fingerprint density at radius 1 is 1.53 bits per heavy atom. The Bertz CT molecular complexity index is 353. The van der Waals surface area contributed by atoms with E-state index in [2.05, 4.69) is 10.3 Å². The van der Waals surface area contributed by atoms with E-state index in [1.165, 1.54) is 5.56 Å². The molecule has 2 rings (SSSR count). The van der Waals surface area contributed by atoms with Crippen LogP contribution in [0, 0.1) is 0 Å². The molecule has 17 heavy (non-hydrogen) atoms. The van der Waals surface area contributed by atoms with E-state index in [-0.39, 0.29) is 11.9 Å². The molecule has 1 saturated heterocycles. The first kappa shape index (κ1) is 12.4. The van der Waals surface area contributed by atoms with Crippen LogP contribution in [-0.2, 0) is 15.3 Å². The van der Waals surface area contributed by atoms with Gasteiger partial charge in [0.05, 0.1) is 18.4 Å². The lowest BCUT2D eigenvalue weighted by Gasteiger charge is -2.10. The number of ether oxygens (including phenoxy) is 1. The Labute approximate surface area is 105 Å². The first-order valence-corrected chi connectivity index (χ1v) is 6.84. The topological polar surface area (TPSA) is 51.2 Å². The number of aromatic nitrogens is 1. The third kappa shape index (κ3) is 4.36. The highest BCUT2D eigenvalue weighted by molar-refractivity contribution is 7.99. The lowest BCUT2D eigenvalue weighted by atomic mass is 10.3. The molecule has 5 heteroatoms. The fraction of sp³-hybridized carbons (Fsp3) is 0.500. The van der Waals surface area contributed by atoms with E-state index in [4.69, 9.17) is 4.74 Å². The summed E-state index contributed by atoms with van der Waals surface area (Å²) in [4.78, 5) is 15.5. The van der Waals surface area contributed by atoms with E-state index in [0.717, 1.165) is 18.8 Å². The molecule has 0 aromatic carbocycles. The van der Waals surface area contributed by atoms with Crippen molar-refractivity contribution in [3.8, 4) is 0 Å². The van der Waals surface area contributed by atoms with Gasteiger partial charge in [0.2, 0.25) is 5.91 Å². The van der Waals surface area contributed by atoms with Gasteiger partial charge in [-0.3, -0.25) is 9.78 Å². The van der Waals surface area contributed by atoms with E-state index in [1.807, 2.05) is 12.1 Å². The van der Waals surface area contributed by atoms with Crippen LogP contribution in [-0.4, -0.2) is 35.9 Å². The lowest BCUT2D eigenvalue weighted by Crippen LogP contribution is -2.36. The molecule has 0 spiro atoms. The van der Waals surface area contributed by atoms with Crippen LogP contribution in [0.3, 0.4) is 0 Å². The highest BCUT2D eigenvalue weighted by Crippen LogP contribution is 2.11. The minimum Gasteiger partial charge on any atom is -0.379 e. The molecule has 2 heterocycles. The first-order valence-electron chi connectivity index (χ1n) is 5.68. The Morgan fingerprint density at radius 3 is 3.06 bits per heavy atom. The second-order valence-electron chi connectivity index (χ2n) is 3.98. The Morgan fingerprint density at radius 2 is 2.35 bits per heavy atom. The van der Waals surface area contributed by atoms with Crippen LogP contribution < -0.4 is 5.32 Å². The number of nitrogens with zero attached hydrogens (tertiary/aromatic N) is 1. The van der Waals surface area contributed by atoms with E-state index in [9.17, 15) is 4.79 Å². The monoisotopic (exact) mass is 252 g/mol. The molecule has 0 bridgehead atoms. The predicted octanol–water partition coefficient (Wildman–Crippen LogP) is 1.22. The van der Waals surface area contributed by atoms with Crippen molar-refractivity contribution in [2.24, 2.45) is 0 Å². The molecule has 1 atom stereocenters. The highest BCUT2D eigenvalue weighted by Gasteiger charge is 2.17. The van der Waals surface area contributed by atoms with Crippen molar-refractivity contribution in [3.63, 3.8) is 0 Å². The number of nitrogens with one attached hydrogen (secondary N) is 1. The van der Waals surface area contributed by atoms with Crippen molar-refractivity contribution in [3.05, 3.63) is 30.1 Å². The van der Waals surface area contributed by atoms with Gasteiger partial charge in [0.1, 0.15) is 0 Å². The van der Waals surface area contributed by atoms with Crippen LogP contribution in [0.1, 0.15) is 12.0 Å². The van der Waals surface area contributed by atoms with Crippen LogP contribution >= 0.6 is 11.8 Å². The van der Waals surface area contributed by atoms with Gasteiger partial charge in [-0.1, -0.05) is 0 Å². The smallest absolute Gasteiger partial charge is 0.230 e. The van der Waals surface area contributed by atoms with Gasteiger partial charge in [-0.2, -0.15) is 0 Å². The van der Waals surface area contributed by atoms with E-state index in [0.29, 0.717) is 12.4 Å². The van der Waals surface area contributed by atoms with Crippen LogP contribution in [0.5, 0.6) is 0 Å². The maximum absolute atomic E-state index is 11.6. The van der Waals surface area contributed by atoms with Gasteiger partial charge in [-0.05, 0) is 24.1 Å². The number of hydrogen-bond donors (Lipinski definition) is 1. The summed E-state index contributed by atoms with van der Waals surface area (Å²) in [6.07, 6.45) is 4.47. The van der Waals surface area contributed by atoms with Crippen LogP contribution in [0.2, 0.25) is 0 Å². The third-order valence-electron chi connectivity index (χ3n) is 2.55. The van der Waals surface area contributed by atoms with Gasteiger partial charge in [-0.15, -0.1) is 11.8 Å². The van der Waals surface area contributed by atoms with Crippen molar-refractivity contribution >= 4 is 17.7 Å². The number of amides is 1. The van der Waals surface area contributed by atoms with Gasteiger partial charge in [0.25, 0.3) is 0 Å². The van der Waals surface area contributed by atoms with E-state index in [1.54, 1.807) is 24.2 Å². The Balaban J connectivity index is 1.63. The largest absolute Gasteiger partial charge is 0.379 e. The molecule has 1 amide bonds. The van der Waals surface area contributed by atoms with Crippen LogP contribution in [0.4, 0.5) is 0 Å². The number of thioether (sulfide) groups is 1. The van der Waals surface area contributed by atoms with Gasteiger partial charge in [-0.25, -0.2) is 0 Å². The molecule has 92 valence electrons. The van der Waals surface area contributed by atoms with Crippen molar-refractivity contribution in [2.75, 3.05) is 19.0 Å². The molecule has 0 radical (unpaired) electrons. The zero-order valence-electron chi connectivity index (χ0n) is 9.59. The zero-order chi connectivity index (χ0) is 11.9. The summed E-state index contributed by atoms with van der Waals surface area (Å²) in [6.45, 7) is 1.41. The second kappa shape index (κ2) is 6.61. The van der Waals surface area contributed by atoms with Crippen molar-refractivity contribution in [1.82, 2.24) is 10.3 Å². The number of pyridine rings is 1. The summed E-state index contributed by atoms with van der Waals surface area (Å²) in [5.74, 6) is 1.44. The van der Waals surface area contributed by atoms with Gasteiger partial charge >= 0.3 is 0 Å². The SMILES string of the molecule is O=C(CSCc1ccncc1)N[C@@H]1CCOC1.